The van der Waals surface area contributed by atoms with Crippen molar-refractivity contribution >= 4 is 33.4 Å². The average Bonchev–Trinajstić information content (AvgIpc) is 3.21. The van der Waals surface area contributed by atoms with E-state index in [1.165, 1.54) is 10.4 Å². The van der Waals surface area contributed by atoms with Gasteiger partial charge in [0.05, 0.1) is 23.4 Å². The SMILES string of the molecule is CCS(=O)(=O)N1CCc2cc(C(=O)COC(=O)CCNC(=O)c3ccc(F)cc3F)ccc21. The summed E-state index contributed by atoms with van der Waals surface area (Å²) < 4.78 is 57.0. The molecule has 1 aliphatic heterocycles. The smallest absolute Gasteiger partial charge is 0.308 e. The summed E-state index contributed by atoms with van der Waals surface area (Å²) in [6, 6.07) is 7.15. The van der Waals surface area contributed by atoms with E-state index in [2.05, 4.69) is 5.32 Å². The van der Waals surface area contributed by atoms with E-state index in [1.54, 1.807) is 19.1 Å². The number of fused-ring (bicyclic) bond motifs is 1. The molecule has 3 rings (SSSR count). The molecule has 11 heteroatoms. The van der Waals surface area contributed by atoms with Gasteiger partial charge in [-0.15, -0.1) is 0 Å². The Morgan fingerprint density at radius 2 is 1.88 bits per heavy atom. The Balaban J connectivity index is 1.48. The lowest BCUT2D eigenvalue weighted by Gasteiger charge is -2.18. The monoisotopic (exact) mass is 480 g/mol. The van der Waals surface area contributed by atoms with Gasteiger partial charge in [0.15, 0.2) is 12.4 Å². The quantitative estimate of drug-likeness (QED) is 0.435. The largest absolute Gasteiger partial charge is 0.457 e. The molecule has 0 aromatic heterocycles. The van der Waals surface area contributed by atoms with Crippen LogP contribution in [0.2, 0.25) is 0 Å². The fraction of sp³-hybridized carbons (Fsp3) is 0.318. The van der Waals surface area contributed by atoms with E-state index in [9.17, 15) is 31.6 Å². The van der Waals surface area contributed by atoms with E-state index in [-0.39, 0.29) is 29.8 Å². The van der Waals surface area contributed by atoms with Crippen molar-refractivity contribution in [3.8, 4) is 0 Å². The summed E-state index contributed by atoms with van der Waals surface area (Å²) in [6.45, 7) is 1.19. The molecule has 1 amide bonds. The molecule has 0 bridgehead atoms. The molecule has 0 saturated heterocycles. The van der Waals surface area contributed by atoms with Crippen LogP contribution in [0.4, 0.5) is 14.5 Å². The molecule has 33 heavy (non-hydrogen) atoms. The number of rotatable bonds is 9. The number of amides is 1. The lowest BCUT2D eigenvalue weighted by Crippen LogP contribution is -2.30. The number of nitrogens with one attached hydrogen (secondary N) is 1. The first kappa shape index (κ1) is 24.3. The second kappa shape index (κ2) is 10.1. The zero-order chi connectivity index (χ0) is 24.2. The fourth-order valence-electron chi connectivity index (χ4n) is 3.34. The molecule has 1 aliphatic rings. The summed E-state index contributed by atoms with van der Waals surface area (Å²) in [5.41, 5.74) is 1.19. The minimum atomic E-state index is -3.39. The number of anilines is 1. The van der Waals surface area contributed by atoms with E-state index in [0.29, 0.717) is 24.7 Å². The van der Waals surface area contributed by atoms with Gasteiger partial charge >= 0.3 is 5.97 Å². The summed E-state index contributed by atoms with van der Waals surface area (Å²) >= 11 is 0. The molecule has 176 valence electrons. The van der Waals surface area contributed by atoms with Gasteiger partial charge in [0, 0.05) is 24.7 Å². The van der Waals surface area contributed by atoms with Crippen LogP contribution in [0.3, 0.4) is 0 Å². The number of esters is 1. The third-order valence-electron chi connectivity index (χ3n) is 5.11. The molecule has 1 N–H and O–H groups in total. The Bertz CT molecular complexity index is 1200. The molecule has 0 unspecified atom stereocenters. The maximum atomic E-state index is 13.6. The molecular formula is C22H22F2N2O6S. The second-order valence-electron chi connectivity index (χ2n) is 7.28. The minimum absolute atomic E-state index is 0.0254. The van der Waals surface area contributed by atoms with Crippen LogP contribution < -0.4 is 9.62 Å². The van der Waals surface area contributed by atoms with Crippen molar-refractivity contribution in [2.45, 2.75) is 19.8 Å². The summed E-state index contributed by atoms with van der Waals surface area (Å²) in [6.07, 6.45) is 0.222. The maximum Gasteiger partial charge on any atom is 0.308 e. The van der Waals surface area contributed by atoms with Gasteiger partial charge in [0.1, 0.15) is 11.6 Å². The van der Waals surface area contributed by atoms with Crippen LogP contribution in [0.15, 0.2) is 36.4 Å². The third kappa shape index (κ3) is 5.72. The Kier molecular flexibility index (Phi) is 7.42. The highest BCUT2D eigenvalue weighted by atomic mass is 32.2. The highest BCUT2D eigenvalue weighted by molar-refractivity contribution is 7.92. The molecule has 8 nitrogen and oxygen atoms in total. The van der Waals surface area contributed by atoms with E-state index in [0.717, 1.165) is 17.7 Å². The van der Waals surface area contributed by atoms with Gasteiger partial charge in [0.2, 0.25) is 10.0 Å². The molecule has 0 aliphatic carbocycles. The lowest BCUT2D eigenvalue weighted by molar-refractivity contribution is -0.142. The van der Waals surface area contributed by atoms with Gasteiger partial charge in [-0.2, -0.15) is 0 Å². The first-order valence-corrected chi connectivity index (χ1v) is 11.8. The fourth-order valence-corrected chi connectivity index (χ4v) is 4.50. The predicted octanol–water partition coefficient (Wildman–Crippen LogP) is 2.22. The standard InChI is InChI=1S/C22H22F2N2O6S/c1-2-33(30,31)26-10-8-14-11-15(3-6-19(14)26)20(27)13-32-21(28)7-9-25-22(29)17-5-4-16(23)12-18(17)24/h3-6,11-12H,2,7-10,13H2,1H3,(H,25,29). The highest BCUT2D eigenvalue weighted by Crippen LogP contribution is 2.31. The van der Waals surface area contributed by atoms with Crippen LogP contribution >= 0.6 is 0 Å². The number of hydrogen-bond donors (Lipinski definition) is 1. The van der Waals surface area contributed by atoms with Crippen molar-refractivity contribution in [3.63, 3.8) is 0 Å². The predicted molar refractivity (Wildman–Crippen MR) is 116 cm³/mol. The minimum Gasteiger partial charge on any atom is -0.457 e. The van der Waals surface area contributed by atoms with E-state index in [4.69, 9.17) is 4.74 Å². The van der Waals surface area contributed by atoms with Crippen LogP contribution in [-0.2, 0) is 26.0 Å². The zero-order valence-corrected chi connectivity index (χ0v) is 18.6. The van der Waals surface area contributed by atoms with E-state index >= 15 is 0 Å². The number of nitrogens with zero attached hydrogens (tertiary/aromatic N) is 1. The number of Topliss-reactive ketones (excluding diaryl/α,β-unsaturated/α-hetero) is 1. The van der Waals surface area contributed by atoms with E-state index < -0.39 is 45.9 Å². The van der Waals surface area contributed by atoms with Gasteiger partial charge in [-0.3, -0.25) is 18.7 Å². The van der Waals surface area contributed by atoms with Crippen molar-refractivity contribution in [2.75, 3.05) is 29.8 Å². The molecule has 0 spiro atoms. The van der Waals surface area contributed by atoms with Gasteiger partial charge in [-0.1, -0.05) is 0 Å². The molecule has 2 aromatic carbocycles. The maximum absolute atomic E-state index is 13.6. The first-order valence-electron chi connectivity index (χ1n) is 10.2. The molecule has 1 heterocycles. The zero-order valence-electron chi connectivity index (χ0n) is 17.8. The Labute approximate surface area is 189 Å². The van der Waals surface area contributed by atoms with Gasteiger partial charge < -0.3 is 10.1 Å². The number of sulfonamides is 1. The van der Waals surface area contributed by atoms with Gasteiger partial charge in [-0.05, 0) is 49.2 Å². The molecule has 0 radical (unpaired) electrons. The van der Waals surface area contributed by atoms with Crippen LogP contribution in [0.25, 0.3) is 0 Å². The summed E-state index contributed by atoms with van der Waals surface area (Å²) in [7, 11) is -3.39. The number of ether oxygens (including phenoxy) is 1. The summed E-state index contributed by atoms with van der Waals surface area (Å²) in [4.78, 5) is 36.1. The first-order chi connectivity index (χ1) is 15.6. The number of hydrogen-bond acceptors (Lipinski definition) is 6. The molecule has 0 fully saturated rings. The number of carbonyl (C=O) groups is 3. The molecule has 0 saturated carbocycles. The van der Waals surface area contributed by atoms with Crippen molar-refractivity contribution in [3.05, 3.63) is 64.7 Å². The molecule has 2 aromatic rings. The molecular weight excluding hydrogens is 458 g/mol. The van der Waals surface area contributed by atoms with Crippen LogP contribution in [0.5, 0.6) is 0 Å². The Morgan fingerprint density at radius 1 is 1.12 bits per heavy atom. The highest BCUT2D eigenvalue weighted by Gasteiger charge is 2.28. The molecule has 0 atom stereocenters. The van der Waals surface area contributed by atoms with Gasteiger partial charge in [0.25, 0.3) is 5.91 Å². The van der Waals surface area contributed by atoms with Crippen molar-refractivity contribution < 1.29 is 36.3 Å². The Hall–Kier alpha value is -3.34. The number of carbonyl (C=O) groups excluding carboxylic acids is 3. The third-order valence-corrected chi connectivity index (χ3v) is 6.89. The number of halogens is 2. The number of benzene rings is 2. The van der Waals surface area contributed by atoms with Crippen molar-refractivity contribution in [1.82, 2.24) is 5.32 Å². The van der Waals surface area contributed by atoms with Crippen LogP contribution in [0, 0.1) is 11.6 Å². The topological polar surface area (TPSA) is 110 Å². The van der Waals surface area contributed by atoms with E-state index in [1.807, 2.05) is 0 Å². The van der Waals surface area contributed by atoms with Crippen molar-refractivity contribution in [2.24, 2.45) is 0 Å². The number of ketones is 1. The summed E-state index contributed by atoms with van der Waals surface area (Å²) in [5, 5.41) is 2.32. The second-order valence-corrected chi connectivity index (χ2v) is 9.46. The Morgan fingerprint density at radius 3 is 2.58 bits per heavy atom. The van der Waals surface area contributed by atoms with Crippen LogP contribution in [-0.4, -0.2) is 51.5 Å². The summed E-state index contributed by atoms with van der Waals surface area (Å²) in [5.74, 6) is -3.88. The average molecular weight is 480 g/mol. The van der Waals surface area contributed by atoms with Crippen molar-refractivity contribution in [1.29, 1.82) is 0 Å². The van der Waals surface area contributed by atoms with Gasteiger partial charge in [-0.25, -0.2) is 17.2 Å². The van der Waals surface area contributed by atoms with Crippen LogP contribution in [0.1, 0.15) is 39.6 Å². The normalized spacial score (nSPS) is 12.9. The lowest BCUT2D eigenvalue weighted by atomic mass is 10.1.